The van der Waals surface area contributed by atoms with E-state index in [1.807, 2.05) is 0 Å². The van der Waals surface area contributed by atoms with Gasteiger partial charge in [0.1, 0.15) is 5.82 Å². The summed E-state index contributed by atoms with van der Waals surface area (Å²) < 4.78 is 21.7. The lowest BCUT2D eigenvalue weighted by Crippen LogP contribution is -2.57. The molecule has 2 aromatic heterocycles. The predicted octanol–water partition coefficient (Wildman–Crippen LogP) is 11.0. The van der Waals surface area contributed by atoms with Crippen LogP contribution in [0, 0.1) is 12.7 Å². The van der Waals surface area contributed by atoms with Crippen LogP contribution in [0.5, 0.6) is 0 Å². The second kappa shape index (κ2) is 11.9. The SMILES string of the molecule is CCCCc1cc2c3c4[n+](ccc3c1)C(CC)(CC)CC(C[n+]1ccc3ccccc3c1-c1ccccc1C)c1ccc(F)c(c1-4)C2(C)C. The van der Waals surface area contributed by atoms with Gasteiger partial charge in [0, 0.05) is 47.9 Å². The summed E-state index contributed by atoms with van der Waals surface area (Å²) in [7, 11) is 0. The molecule has 8 rings (SSSR count). The Hall–Kier alpha value is -4.37. The summed E-state index contributed by atoms with van der Waals surface area (Å²) in [6.07, 6.45) is 11.0. The standard InChI is InChI=1S/C46H49FN2/c1-7-10-16-31-26-33-23-25-49-44-40(33)38(27-31)45(5,6)42-39(47)21-20-36(41(42)44)34(28-46(49,8-2)9-3)29-48-24-22-32-17-12-14-19-37(32)43(48)35-18-13-11-15-30(35)4/h11-15,17-27,34H,7-10,16,28-29H2,1-6H3/q+2. The molecule has 0 fully saturated rings. The van der Waals surface area contributed by atoms with Crippen molar-refractivity contribution in [3.05, 3.63) is 131 Å². The van der Waals surface area contributed by atoms with Gasteiger partial charge >= 0.3 is 0 Å². The van der Waals surface area contributed by atoms with Crippen molar-refractivity contribution in [3.8, 4) is 22.5 Å². The molecule has 0 N–H and O–H groups in total. The van der Waals surface area contributed by atoms with Crippen LogP contribution in [0.15, 0.2) is 97.3 Å². The van der Waals surface area contributed by atoms with Crippen molar-refractivity contribution in [2.75, 3.05) is 0 Å². The molecule has 1 aliphatic carbocycles. The minimum absolute atomic E-state index is 0.0879. The van der Waals surface area contributed by atoms with Crippen LogP contribution in [0.4, 0.5) is 4.39 Å². The number of fused-ring (bicyclic) bond motifs is 1. The number of hydrogen-bond donors (Lipinski definition) is 0. The molecule has 0 radical (unpaired) electrons. The van der Waals surface area contributed by atoms with Gasteiger partial charge in [0.2, 0.25) is 11.4 Å². The Balaban J connectivity index is 1.42. The summed E-state index contributed by atoms with van der Waals surface area (Å²) in [6, 6.07) is 30.9. The maximum atomic E-state index is 16.6. The highest BCUT2D eigenvalue weighted by Crippen LogP contribution is 2.54. The van der Waals surface area contributed by atoms with Gasteiger partial charge in [0.15, 0.2) is 24.5 Å². The molecular weight excluding hydrogens is 600 g/mol. The van der Waals surface area contributed by atoms with Crippen molar-refractivity contribution >= 4 is 21.5 Å². The number of unbranched alkanes of at least 4 members (excludes halogenated alkanes) is 1. The monoisotopic (exact) mass is 648 g/mol. The lowest BCUT2D eigenvalue weighted by atomic mass is 9.67. The van der Waals surface area contributed by atoms with Crippen LogP contribution < -0.4 is 9.13 Å². The minimum Gasteiger partial charge on any atom is -0.207 e. The third kappa shape index (κ3) is 4.79. The molecule has 0 spiro atoms. The van der Waals surface area contributed by atoms with E-state index in [1.165, 1.54) is 60.8 Å². The van der Waals surface area contributed by atoms with Crippen LogP contribution in [0.25, 0.3) is 44.1 Å². The van der Waals surface area contributed by atoms with Gasteiger partial charge in [-0.1, -0.05) is 95.6 Å². The lowest BCUT2D eigenvalue weighted by molar-refractivity contribution is -0.758. The van der Waals surface area contributed by atoms with E-state index in [1.54, 1.807) is 6.07 Å². The number of pyridine rings is 2. The average molecular weight is 649 g/mol. The van der Waals surface area contributed by atoms with Gasteiger partial charge in [-0.15, -0.1) is 0 Å². The molecule has 3 heterocycles. The molecule has 2 nitrogen and oxygen atoms in total. The number of aromatic nitrogens is 2. The minimum atomic E-state index is -0.472. The summed E-state index contributed by atoms with van der Waals surface area (Å²) in [5, 5.41) is 5.11. The van der Waals surface area contributed by atoms with E-state index in [-0.39, 0.29) is 17.3 Å². The van der Waals surface area contributed by atoms with Crippen molar-refractivity contribution in [1.82, 2.24) is 0 Å². The van der Waals surface area contributed by atoms with Crippen molar-refractivity contribution in [2.45, 2.75) is 103 Å². The summed E-state index contributed by atoms with van der Waals surface area (Å²) in [5.74, 6) is 0.0921. The number of rotatable bonds is 8. The first-order chi connectivity index (χ1) is 23.7. The Labute approximate surface area is 291 Å². The van der Waals surface area contributed by atoms with Crippen molar-refractivity contribution < 1.29 is 13.5 Å². The Bertz CT molecular complexity index is 2260. The van der Waals surface area contributed by atoms with Crippen LogP contribution in [-0.4, -0.2) is 0 Å². The molecule has 1 atom stereocenters. The van der Waals surface area contributed by atoms with Gasteiger partial charge in [-0.05, 0) is 71.0 Å². The Morgan fingerprint density at radius 2 is 1.57 bits per heavy atom. The molecule has 0 saturated heterocycles. The first kappa shape index (κ1) is 31.9. The van der Waals surface area contributed by atoms with Crippen molar-refractivity contribution in [1.29, 1.82) is 0 Å². The van der Waals surface area contributed by atoms with Gasteiger partial charge in [-0.3, -0.25) is 0 Å². The smallest absolute Gasteiger partial charge is 0.207 e. The largest absolute Gasteiger partial charge is 0.221 e. The number of halogens is 1. The van der Waals surface area contributed by atoms with E-state index in [9.17, 15) is 0 Å². The number of nitrogens with zero attached hydrogens (tertiary/aromatic N) is 2. The van der Waals surface area contributed by atoms with Gasteiger partial charge < -0.3 is 0 Å². The van der Waals surface area contributed by atoms with Gasteiger partial charge in [-0.2, -0.15) is 9.13 Å². The van der Waals surface area contributed by atoms with Crippen LogP contribution in [0.3, 0.4) is 0 Å². The van der Waals surface area contributed by atoms with Crippen LogP contribution in [0.2, 0.25) is 0 Å². The predicted molar refractivity (Wildman–Crippen MR) is 201 cm³/mol. The molecule has 6 aromatic rings. The van der Waals surface area contributed by atoms with Crippen molar-refractivity contribution in [3.63, 3.8) is 0 Å². The quantitative estimate of drug-likeness (QED) is 0.145. The fourth-order valence-corrected chi connectivity index (χ4v) is 9.56. The summed E-state index contributed by atoms with van der Waals surface area (Å²) in [4.78, 5) is 0. The fourth-order valence-electron chi connectivity index (χ4n) is 9.56. The van der Waals surface area contributed by atoms with E-state index in [4.69, 9.17) is 0 Å². The van der Waals surface area contributed by atoms with Gasteiger partial charge in [0.25, 0.3) is 0 Å². The van der Waals surface area contributed by atoms with E-state index in [0.29, 0.717) is 0 Å². The maximum Gasteiger partial charge on any atom is 0.221 e. The lowest BCUT2D eigenvalue weighted by Gasteiger charge is -2.36. The molecule has 248 valence electrons. The first-order valence-corrected chi connectivity index (χ1v) is 18.5. The Kier molecular flexibility index (Phi) is 7.74. The molecule has 3 heteroatoms. The second-order valence-electron chi connectivity index (χ2n) is 15.3. The molecular formula is C46H49FN2+2. The van der Waals surface area contributed by atoms with Gasteiger partial charge in [0.05, 0.1) is 22.3 Å². The molecule has 1 unspecified atom stereocenters. The van der Waals surface area contributed by atoms with E-state index >= 15 is 4.39 Å². The Morgan fingerprint density at radius 1 is 0.816 bits per heavy atom. The molecule has 0 saturated carbocycles. The zero-order valence-corrected chi connectivity index (χ0v) is 30.0. The number of benzene rings is 4. The third-order valence-electron chi connectivity index (χ3n) is 12.3. The summed E-state index contributed by atoms with van der Waals surface area (Å²) in [5.41, 5.74) is 10.4. The second-order valence-corrected chi connectivity index (χ2v) is 15.3. The molecule has 0 bridgehead atoms. The highest BCUT2D eigenvalue weighted by atomic mass is 19.1. The van der Waals surface area contributed by atoms with Crippen LogP contribution in [-0.2, 0) is 23.9 Å². The first-order valence-electron chi connectivity index (χ1n) is 18.5. The summed E-state index contributed by atoms with van der Waals surface area (Å²) >= 11 is 0. The van der Waals surface area contributed by atoms with E-state index in [0.717, 1.165) is 56.2 Å². The maximum absolute atomic E-state index is 16.6. The third-order valence-corrected chi connectivity index (χ3v) is 12.3. The average Bonchev–Trinajstić information content (AvgIpc) is 3.22. The van der Waals surface area contributed by atoms with Crippen LogP contribution in [0.1, 0.15) is 100 Å². The highest BCUT2D eigenvalue weighted by molar-refractivity contribution is 6.01. The van der Waals surface area contributed by atoms with E-state index < -0.39 is 5.41 Å². The Morgan fingerprint density at radius 3 is 2.35 bits per heavy atom. The topological polar surface area (TPSA) is 7.76 Å². The van der Waals surface area contributed by atoms with Crippen molar-refractivity contribution in [2.24, 2.45) is 0 Å². The molecule has 49 heavy (non-hydrogen) atoms. The van der Waals surface area contributed by atoms with Gasteiger partial charge in [-0.25, -0.2) is 4.39 Å². The normalized spacial score (nSPS) is 17.0. The molecule has 2 aliphatic rings. The highest BCUT2D eigenvalue weighted by Gasteiger charge is 2.51. The fraction of sp³-hybridized carbons (Fsp3) is 0.348. The number of aryl methyl sites for hydroxylation is 2. The van der Waals surface area contributed by atoms with E-state index in [2.05, 4.69) is 142 Å². The molecule has 1 aliphatic heterocycles. The zero-order chi connectivity index (χ0) is 34.1. The number of hydrogen-bond acceptors (Lipinski definition) is 0. The summed E-state index contributed by atoms with van der Waals surface area (Å²) in [6.45, 7) is 14.5. The molecule has 0 amide bonds. The molecule has 4 aromatic carbocycles. The van der Waals surface area contributed by atoms with Crippen LogP contribution >= 0.6 is 0 Å². The zero-order valence-electron chi connectivity index (χ0n) is 30.0.